The van der Waals surface area contributed by atoms with Gasteiger partial charge in [-0.3, -0.25) is 10.1 Å². The van der Waals surface area contributed by atoms with Gasteiger partial charge in [-0.2, -0.15) is 0 Å². The summed E-state index contributed by atoms with van der Waals surface area (Å²) in [6.45, 7) is 7.55. The number of carbonyl (C=O) groups excluding carboxylic acids is 2. The number of benzene rings is 1. The van der Waals surface area contributed by atoms with E-state index in [9.17, 15) is 9.59 Å². The number of thiazole rings is 1. The Morgan fingerprint density at radius 1 is 1.37 bits per heavy atom. The van der Waals surface area contributed by atoms with Crippen LogP contribution in [0.25, 0.3) is 0 Å². The molecule has 8 heteroatoms. The van der Waals surface area contributed by atoms with Crippen molar-refractivity contribution in [2.75, 3.05) is 18.5 Å². The lowest BCUT2D eigenvalue weighted by Crippen LogP contribution is -2.25. The molecule has 2 aromatic rings. The molecule has 0 unspecified atom stereocenters. The first-order valence-corrected chi connectivity index (χ1v) is 9.49. The maximum atomic E-state index is 12.2. The number of nitrogens with zero attached hydrogens (tertiary/aromatic N) is 1. The van der Waals surface area contributed by atoms with E-state index in [1.807, 2.05) is 26.0 Å². The van der Waals surface area contributed by atoms with Crippen LogP contribution in [0.2, 0.25) is 0 Å². The van der Waals surface area contributed by atoms with Crippen LogP contribution in [0.15, 0.2) is 18.2 Å². The van der Waals surface area contributed by atoms with Crippen molar-refractivity contribution in [1.82, 2.24) is 4.98 Å². The normalized spacial score (nSPS) is 14.2. The lowest BCUT2D eigenvalue weighted by Gasteiger charge is -2.18. The Hall–Kier alpha value is -2.61. The molecule has 0 radical (unpaired) electrons. The second kappa shape index (κ2) is 7.56. The van der Waals surface area contributed by atoms with Gasteiger partial charge in [0, 0.05) is 12.0 Å². The summed E-state index contributed by atoms with van der Waals surface area (Å²) in [6.07, 6.45) is 0.792. The van der Waals surface area contributed by atoms with E-state index >= 15 is 0 Å². The number of aryl methyl sites for hydroxylation is 1. The molecule has 1 aliphatic heterocycles. The summed E-state index contributed by atoms with van der Waals surface area (Å²) in [6, 6.07) is 5.65. The van der Waals surface area contributed by atoms with Crippen LogP contribution >= 0.6 is 11.3 Å². The predicted octanol–water partition coefficient (Wildman–Crippen LogP) is 3.36. The summed E-state index contributed by atoms with van der Waals surface area (Å²) in [5.74, 6) is 0.415. The zero-order chi connectivity index (χ0) is 19.6. The molecule has 0 saturated carbocycles. The lowest BCUT2D eigenvalue weighted by molar-refractivity contribution is -0.118. The van der Waals surface area contributed by atoms with E-state index in [1.54, 1.807) is 19.9 Å². The fraction of sp³-hybridized carbons (Fsp3) is 0.421. The maximum Gasteiger partial charge on any atom is 0.350 e. The molecule has 1 aliphatic rings. The van der Waals surface area contributed by atoms with Crippen molar-refractivity contribution in [2.24, 2.45) is 0 Å². The molecule has 2 heterocycles. The van der Waals surface area contributed by atoms with E-state index in [0.29, 0.717) is 27.2 Å². The van der Waals surface area contributed by atoms with Gasteiger partial charge >= 0.3 is 5.97 Å². The van der Waals surface area contributed by atoms with Gasteiger partial charge in [-0.1, -0.05) is 23.5 Å². The summed E-state index contributed by atoms with van der Waals surface area (Å²) in [5.41, 5.74) is 1.30. The van der Waals surface area contributed by atoms with Gasteiger partial charge in [-0.25, -0.2) is 9.78 Å². The molecule has 27 heavy (non-hydrogen) atoms. The Morgan fingerprint density at radius 3 is 2.89 bits per heavy atom. The highest BCUT2D eigenvalue weighted by Gasteiger charge is 2.32. The summed E-state index contributed by atoms with van der Waals surface area (Å²) in [5, 5.41) is 2.98. The highest BCUT2D eigenvalue weighted by molar-refractivity contribution is 7.17. The SMILES string of the molecule is CCOC(=O)c1sc(NC(=O)COc2cccc3c2OC(C)(C)C3)nc1C. The summed E-state index contributed by atoms with van der Waals surface area (Å²) >= 11 is 1.08. The molecular weight excluding hydrogens is 368 g/mol. The number of fused-ring (bicyclic) bond motifs is 1. The molecule has 1 N–H and O–H groups in total. The molecule has 0 fully saturated rings. The van der Waals surface area contributed by atoms with Crippen molar-refractivity contribution >= 4 is 28.3 Å². The molecule has 1 amide bonds. The number of nitrogens with one attached hydrogen (secondary N) is 1. The number of anilines is 1. The minimum atomic E-state index is -0.441. The van der Waals surface area contributed by atoms with Gasteiger partial charge in [0.2, 0.25) is 0 Å². The van der Waals surface area contributed by atoms with Gasteiger partial charge in [-0.15, -0.1) is 0 Å². The van der Waals surface area contributed by atoms with Crippen LogP contribution in [-0.4, -0.2) is 35.7 Å². The van der Waals surface area contributed by atoms with Crippen molar-refractivity contribution in [3.05, 3.63) is 34.3 Å². The number of hydrogen-bond donors (Lipinski definition) is 1. The summed E-state index contributed by atoms with van der Waals surface area (Å²) in [7, 11) is 0. The molecule has 1 aromatic heterocycles. The maximum absolute atomic E-state index is 12.2. The zero-order valence-corrected chi connectivity index (χ0v) is 16.6. The van der Waals surface area contributed by atoms with E-state index in [2.05, 4.69) is 10.3 Å². The Morgan fingerprint density at radius 2 is 2.15 bits per heavy atom. The second-order valence-corrected chi connectivity index (χ2v) is 7.77. The van der Waals surface area contributed by atoms with Crippen LogP contribution < -0.4 is 14.8 Å². The minimum absolute atomic E-state index is 0.187. The monoisotopic (exact) mass is 390 g/mol. The van der Waals surface area contributed by atoms with Gasteiger partial charge in [0.25, 0.3) is 5.91 Å². The standard InChI is InChI=1S/C19H22N2O5S/c1-5-24-17(23)16-11(2)20-18(27-16)21-14(22)10-25-13-8-6-7-12-9-19(3,4)26-15(12)13/h6-8H,5,9-10H2,1-4H3,(H,20,21,22). The van der Waals surface area contributed by atoms with E-state index in [0.717, 1.165) is 23.3 Å². The van der Waals surface area contributed by atoms with Gasteiger partial charge in [0.1, 0.15) is 10.5 Å². The van der Waals surface area contributed by atoms with Crippen LogP contribution in [0.4, 0.5) is 5.13 Å². The molecule has 0 bridgehead atoms. The third kappa shape index (κ3) is 4.39. The van der Waals surface area contributed by atoms with Gasteiger partial charge in [0.05, 0.1) is 12.3 Å². The van der Waals surface area contributed by atoms with Crippen LogP contribution in [0.1, 0.15) is 41.7 Å². The van der Waals surface area contributed by atoms with Crippen LogP contribution in [-0.2, 0) is 16.0 Å². The van der Waals surface area contributed by atoms with E-state index in [1.165, 1.54) is 0 Å². The Labute approximate surface area is 161 Å². The number of hydrogen-bond acceptors (Lipinski definition) is 7. The van der Waals surface area contributed by atoms with Crippen LogP contribution in [0.3, 0.4) is 0 Å². The lowest BCUT2D eigenvalue weighted by atomic mass is 10.0. The molecule has 1 aromatic carbocycles. The molecule has 0 spiro atoms. The number of ether oxygens (including phenoxy) is 3. The first kappa shape index (κ1) is 19.2. The van der Waals surface area contributed by atoms with Gasteiger partial charge < -0.3 is 14.2 Å². The number of esters is 1. The van der Waals surface area contributed by atoms with E-state index in [4.69, 9.17) is 14.2 Å². The Balaban J connectivity index is 1.61. The largest absolute Gasteiger partial charge is 0.483 e. The smallest absolute Gasteiger partial charge is 0.350 e. The van der Waals surface area contributed by atoms with Crippen molar-refractivity contribution in [3.63, 3.8) is 0 Å². The number of rotatable bonds is 6. The molecule has 0 atom stereocenters. The Kier molecular flexibility index (Phi) is 5.36. The molecule has 3 rings (SSSR count). The average Bonchev–Trinajstić information content (AvgIpc) is 3.11. The fourth-order valence-corrected chi connectivity index (χ4v) is 3.71. The average molecular weight is 390 g/mol. The molecule has 0 aliphatic carbocycles. The third-order valence-corrected chi connectivity index (χ3v) is 4.97. The first-order chi connectivity index (χ1) is 12.8. The molecular formula is C19H22N2O5S. The highest BCUT2D eigenvalue weighted by Crippen LogP contribution is 2.41. The number of amides is 1. The van der Waals surface area contributed by atoms with Crippen molar-refractivity contribution in [1.29, 1.82) is 0 Å². The van der Waals surface area contributed by atoms with Crippen molar-refractivity contribution in [3.8, 4) is 11.5 Å². The van der Waals surface area contributed by atoms with Crippen LogP contribution in [0.5, 0.6) is 11.5 Å². The predicted molar refractivity (Wildman–Crippen MR) is 102 cm³/mol. The topological polar surface area (TPSA) is 86.8 Å². The first-order valence-electron chi connectivity index (χ1n) is 8.67. The van der Waals surface area contributed by atoms with Crippen molar-refractivity contribution < 1.29 is 23.8 Å². The molecule has 0 saturated heterocycles. The number of para-hydroxylation sites is 1. The molecule has 144 valence electrons. The van der Waals surface area contributed by atoms with E-state index < -0.39 is 5.97 Å². The third-order valence-electron chi connectivity index (χ3n) is 3.92. The number of aromatic nitrogens is 1. The van der Waals surface area contributed by atoms with Crippen LogP contribution in [0, 0.1) is 6.92 Å². The number of carbonyl (C=O) groups is 2. The quantitative estimate of drug-likeness (QED) is 0.761. The Bertz CT molecular complexity index is 875. The second-order valence-electron chi connectivity index (χ2n) is 6.77. The fourth-order valence-electron chi connectivity index (χ4n) is 2.84. The molecule has 7 nitrogen and oxygen atoms in total. The van der Waals surface area contributed by atoms with E-state index in [-0.39, 0.29) is 24.7 Å². The minimum Gasteiger partial charge on any atom is -0.483 e. The highest BCUT2D eigenvalue weighted by atomic mass is 32.1. The summed E-state index contributed by atoms with van der Waals surface area (Å²) in [4.78, 5) is 28.6. The van der Waals surface area contributed by atoms with Gasteiger partial charge in [-0.05, 0) is 33.8 Å². The van der Waals surface area contributed by atoms with Crippen molar-refractivity contribution in [2.45, 2.75) is 39.7 Å². The zero-order valence-electron chi connectivity index (χ0n) is 15.8. The summed E-state index contributed by atoms with van der Waals surface area (Å²) < 4.78 is 16.5. The van der Waals surface area contributed by atoms with Gasteiger partial charge in [0.15, 0.2) is 23.2 Å².